The van der Waals surface area contributed by atoms with Gasteiger partial charge in [0.15, 0.2) is 0 Å². The molecule has 1 unspecified atom stereocenters. The van der Waals surface area contributed by atoms with E-state index < -0.39 is 5.60 Å². The summed E-state index contributed by atoms with van der Waals surface area (Å²) in [7, 11) is 0. The number of rotatable bonds is 5. The lowest BCUT2D eigenvalue weighted by Crippen LogP contribution is -2.54. The molecule has 0 aromatic carbocycles. The Kier molecular flexibility index (Phi) is 4.29. The molecule has 0 aliphatic heterocycles. The minimum atomic E-state index is -0.699. The first-order valence-electron chi connectivity index (χ1n) is 7.54. The summed E-state index contributed by atoms with van der Waals surface area (Å²) in [6, 6.07) is 0. The Morgan fingerprint density at radius 2 is 1.95 bits per heavy atom. The third-order valence-corrected chi connectivity index (χ3v) is 5.21. The van der Waals surface area contributed by atoms with Gasteiger partial charge in [-0.1, -0.05) is 40.0 Å². The second kappa shape index (κ2) is 5.61. The van der Waals surface area contributed by atoms with Gasteiger partial charge in [0.1, 0.15) is 12.7 Å². The highest BCUT2D eigenvalue weighted by Crippen LogP contribution is 2.46. The lowest BCUT2D eigenvalue weighted by atomic mass is 9.62. The van der Waals surface area contributed by atoms with Crippen molar-refractivity contribution in [3.63, 3.8) is 0 Å². The highest BCUT2D eigenvalue weighted by atomic mass is 16.3. The van der Waals surface area contributed by atoms with Gasteiger partial charge in [-0.15, -0.1) is 0 Å². The Hall–Kier alpha value is -0.900. The third-order valence-electron chi connectivity index (χ3n) is 5.21. The molecule has 0 spiro atoms. The van der Waals surface area contributed by atoms with Crippen LogP contribution in [0.4, 0.5) is 0 Å². The zero-order chi connectivity index (χ0) is 13.9. The smallest absolute Gasteiger partial charge is 0.137 e. The van der Waals surface area contributed by atoms with Crippen LogP contribution in [0.3, 0.4) is 0 Å². The van der Waals surface area contributed by atoms with E-state index in [4.69, 9.17) is 0 Å². The normalized spacial score (nSPS) is 21.3. The summed E-state index contributed by atoms with van der Waals surface area (Å²) in [4.78, 5) is 4.00. The van der Waals surface area contributed by atoms with Gasteiger partial charge in [0.25, 0.3) is 0 Å². The molecule has 2 rings (SSSR count). The van der Waals surface area contributed by atoms with Gasteiger partial charge >= 0.3 is 0 Å². The summed E-state index contributed by atoms with van der Waals surface area (Å²) in [5, 5.41) is 15.6. The minimum absolute atomic E-state index is 0.110. The molecule has 4 nitrogen and oxygen atoms in total. The number of aliphatic hydroxyl groups is 1. The topological polar surface area (TPSA) is 50.9 Å². The van der Waals surface area contributed by atoms with E-state index in [0.29, 0.717) is 12.5 Å². The first-order valence-corrected chi connectivity index (χ1v) is 7.54. The molecule has 1 N–H and O–H groups in total. The van der Waals surface area contributed by atoms with Gasteiger partial charge in [0.2, 0.25) is 0 Å². The van der Waals surface area contributed by atoms with E-state index >= 15 is 0 Å². The number of hydrogen-bond acceptors (Lipinski definition) is 3. The van der Waals surface area contributed by atoms with E-state index in [9.17, 15) is 5.11 Å². The predicted octanol–water partition coefficient (Wildman–Crippen LogP) is 3.03. The highest BCUT2D eigenvalue weighted by Gasteiger charge is 2.48. The molecule has 0 saturated heterocycles. The zero-order valence-corrected chi connectivity index (χ0v) is 12.5. The van der Waals surface area contributed by atoms with Crippen LogP contribution in [0.1, 0.15) is 59.3 Å². The predicted molar refractivity (Wildman–Crippen MR) is 75.6 cm³/mol. The molecule has 1 aliphatic carbocycles. The van der Waals surface area contributed by atoms with Gasteiger partial charge in [-0.3, -0.25) is 4.68 Å². The van der Waals surface area contributed by atoms with Crippen LogP contribution in [0.25, 0.3) is 0 Å². The molecule has 1 aromatic heterocycles. The van der Waals surface area contributed by atoms with Crippen molar-refractivity contribution < 1.29 is 5.11 Å². The standard InChI is InChI=1S/C15H27N3O/c1-4-14(2,3)15(19,10-18-12-16-11-17-18)13-8-6-5-7-9-13/h11-13,19H,4-10H2,1-3H3. The molecule has 1 heterocycles. The fraction of sp³-hybridized carbons (Fsp3) is 0.867. The second-order valence-electron chi connectivity index (χ2n) is 6.59. The van der Waals surface area contributed by atoms with Crippen LogP contribution in [0, 0.1) is 11.3 Å². The third kappa shape index (κ3) is 2.83. The van der Waals surface area contributed by atoms with E-state index in [1.807, 2.05) is 0 Å². The molecular formula is C15H27N3O. The Balaban J connectivity index is 2.25. The van der Waals surface area contributed by atoms with E-state index in [0.717, 1.165) is 19.3 Å². The van der Waals surface area contributed by atoms with Crippen molar-refractivity contribution in [2.75, 3.05) is 0 Å². The van der Waals surface area contributed by atoms with E-state index in [1.165, 1.54) is 19.3 Å². The van der Waals surface area contributed by atoms with Crippen molar-refractivity contribution >= 4 is 0 Å². The van der Waals surface area contributed by atoms with E-state index in [2.05, 4.69) is 30.9 Å². The van der Waals surface area contributed by atoms with Crippen molar-refractivity contribution in [3.05, 3.63) is 12.7 Å². The molecule has 1 saturated carbocycles. The van der Waals surface area contributed by atoms with Crippen LogP contribution >= 0.6 is 0 Å². The molecule has 108 valence electrons. The molecule has 0 bridgehead atoms. The largest absolute Gasteiger partial charge is 0.387 e. The molecule has 1 atom stereocenters. The van der Waals surface area contributed by atoms with Crippen LogP contribution in [0.2, 0.25) is 0 Å². The van der Waals surface area contributed by atoms with Crippen molar-refractivity contribution in [3.8, 4) is 0 Å². The van der Waals surface area contributed by atoms with Crippen LogP contribution in [-0.2, 0) is 6.54 Å². The van der Waals surface area contributed by atoms with E-state index in [1.54, 1.807) is 17.3 Å². The highest BCUT2D eigenvalue weighted by molar-refractivity contribution is 4.98. The van der Waals surface area contributed by atoms with Gasteiger partial charge < -0.3 is 5.11 Å². The van der Waals surface area contributed by atoms with Gasteiger partial charge in [0.05, 0.1) is 12.1 Å². The minimum Gasteiger partial charge on any atom is -0.387 e. The second-order valence-corrected chi connectivity index (χ2v) is 6.59. The number of hydrogen-bond donors (Lipinski definition) is 1. The Morgan fingerprint density at radius 1 is 1.26 bits per heavy atom. The first kappa shape index (κ1) is 14.5. The molecule has 0 radical (unpaired) electrons. The van der Waals surface area contributed by atoms with Gasteiger partial charge in [-0.05, 0) is 30.6 Å². The van der Waals surface area contributed by atoms with Gasteiger partial charge in [-0.2, -0.15) is 5.10 Å². The lowest BCUT2D eigenvalue weighted by molar-refractivity contribution is -0.136. The maximum absolute atomic E-state index is 11.4. The number of nitrogens with zero attached hydrogens (tertiary/aromatic N) is 3. The average molecular weight is 265 g/mol. The number of aromatic nitrogens is 3. The molecule has 4 heteroatoms. The Bertz CT molecular complexity index is 382. The van der Waals surface area contributed by atoms with Gasteiger partial charge in [-0.25, -0.2) is 4.98 Å². The van der Waals surface area contributed by atoms with Crippen molar-refractivity contribution in [2.24, 2.45) is 11.3 Å². The quantitative estimate of drug-likeness (QED) is 0.890. The average Bonchev–Trinajstić information content (AvgIpc) is 2.92. The maximum Gasteiger partial charge on any atom is 0.137 e. The zero-order valence-electron chi connectivity index (χ0n) is 12.5. The summed E-state index contributed by atoms with van der Waals surface area (Å²) >= 11 is 0. The van der Waals surface area contributed by atoms with Crippen LogP contribution in [-0.4, -0.2) is 25.5 Å². The van der Waals surface area contributed by atoms with Crippen molar-refractivity contribution in [2.45, 2.75) is 71.4 Å². The Labute approximate surface area is 116 Å². The SMILES string of the molecule is CCC(C)(C)C(O)(Cn1cncn1)C1CCCCC1. The molecule has 1 fully saturated rings. The van der Waals surface area contributed by atoms with E-state index in [-0.39, 0.29) is 5.41 Å². The summed E-state index contributed by atoms with van der Waals surface area (Å²) < 4.78 is 1.78. The van der Waals surface area contributed by atoms with Crippen LogP contribution in [0.15, 0.2) is 12.7 Å². The molecule has 19 heavy (non-hydrogen) atoms. The first-order chi connectivity index (χ1) is 8.99. The van der Waals surface area contributed by atoms with Gasteiger partial charge in [0, 0.05) is 0 Å². The molecule has 1 aromatic rings. The fourth-order valence-corrected chi connectivity index (χ4v) is 3.34. The molecule has 1 aliphatic rings. The van der Waals surface area contributed by atoms with Crippen molar-refractivity contribution in [1.29, 1.82) is 0 Å². The fourth-order valence-electron chi connectivity index (χ4n) is 3.34. The maximum atomic E-state index is 11.4. The van der Waals surface area contributed by atoms with Crippen molar-refractivity contribution in [1.82, 2.24) is 14.8 Å². The lowest BCUT2D eigenvalue weighted by Gasteiger charge is -2.48. The Morgan fingerprint density at radius 3 is 2.47 bits per heavy atom. The molecular weight excluding hydrogens is 238 g/mol. The van der Waals surface area contributed by atoms with Crippen LogP contribution < -0.4 is 0 Å². The summed E-state index contributed by atoms with van der Waals surface area (Å²) in [6.07, 6.45) is 10.3. The summed E-state index contributed by atoms with van der Waals surface area (Å²) in [5.74, 6) is 0.375. The molecule has 0 amide bonds. The summed E-state index contributed by atoms with van der Waals surface area (Å²) in [6.45, 7) is 7.07. The summed E-state index contributed by atoms with van der Waals surface area (Å²) in [5.41, 5.74) is -0.809. The monoisotopic (exact) mass is 265 g/mol. The van der Waals surface area contributed by atoms with Crippen LogP contribution in [0.5, 0.6) is 0 Å².